The summed E-state index contributed by atoms with van der Waals surface area (Å²) in [5.74, 6) is 1.23. The van der Waals surface area contributed by atoms with Gasteiger partial charge in [-0.05, 0) is 70.0 Å². The van der Waals surface area contributed by atoms with Crippen molar-refractivity contribution < 1.29 is 14.6 Å². The fourth-order valence-corrected chi connectivity index (χ4v) is 4.83. The topological polar surface area (TPSA) is 84.7 Å². The number of amides is 1. The molecule has 0 bridgehead atoms. The van der Waals surface area contributed by atoms with E-state index in [1.165, 1.54) is 4.90 Å². The van der Waals surface area contributed by atoms with Crippen LogP contribution in [0.3, 0.4) is 0 Å². The Morgan fingerprint density at radius 3 is 2.58 bits per heavy atom. The number of pyridine rings is 2. The van der Waals surface area contributed by atoms with Crippen LogP contribution in [-0.4, -0.2) is 43.8 Å². The Morgan fingerprint density at radius 1 is 1.27 bits per heavy atom. The molecular formula is C26H33N3O4. The molecule has 0 spiro atoms. The maximum absolute atomic E-state index is 13.0. The summed E-state index contributed by atoms with van der Waals surface area (Å²) < 4.78 is 7.90. The standard InChI is InChI=1S/C26H33N3O4/c1-15-11-20-19-9-10-27-16(2)23(19)24(30)28(6)21(20)13-22(15)33-14-18(12-17-7-8-17)29(25(31)32)26(3,4)5/h9-11,13,17-18H,7-8,12,14H2,1-6H3,(H,31,32). The van der Waals surface area contributed by atoms with Crippen molar-refractivity contribution in [3.05, 3.63) is 46.0 Å². The lowest BCUT2D eigenvalue weighted by atomic mass is 10.0. The Kier molecular flexibility index (Phi) is 5.85. The minimum Gasteiger partial charge on any atom is -0.491 e. The second-order valence-corrected chi connectivity index (χ2v) is 10.3. The average Bonchev–Trinajstić information content (AvgIpc) is 3.53. The molecule has 0 saturated heterocycles. The van der Waals surface area contributed by atoms with Crippen LogP contribution in [-0.2, 0) is 7.05 Å². The van der Waals surface area contributed by atoms with Gasteiger partial charge in [0.1, 0.15) is 12.4 Å². The number of hydrogen-bond acceptors (Lipinski definition) is 4. The Balaban J connectivity index is 1.73. The molecule has 1 amide bonds. The maximum atomic E-state index is 13.0. The molecule has 7 nitrogen and oxygen atoms in total. The van der Waals surface area contributed by atoms with E-state index in [1.807, 2.05) is 52.8 Å². The molecule has 176 valence electrons. The summed E-state index contributed by atoms with van der Waals surface area (Å²) in [4.78, 5) is 31.0. The lowest BCUT2D eigenvalue weighted by molar-refractivity contribution is 0.0458. The second-order valence-electron chi connectivity index (χ2n) is 10.3. The number of fused-ring (bicyclic) bond motifs is 3. The molecule has 4 rings (SSSR count). The van der Waals surface area contributed by atoms with Gasteiger partial charge in [-0.25, -0.2) is 4.79 Å². The van der Waals surface area contributed by atoms with Gasteiger partial charge in [0.2, 0.25) is 0 Å². The van der Waals surface area contributed by atoms with Gasteiger partial charge in [0.25, 0.3) is 5.56 Å². The summed E-state index contributed by atoms with van der Waals surface area (Å²) in [6.45, 7) is 9.86. The minimum atomic E-state index is -0.926. The van der Waals surface area contributed by atoms with Gasteiger partial charge in [-0.1, -0.05) is 12.8 Å². The number of nitrogens with zero attached hydrogens (tertiary/aromatic N) is 3. The number of aryl methyl sites for hydroxylation is 3. The number of ether oxygens (including phenoxy) is 1. The number of carboxylic acid groups (broad SMARTS) is 1. The molecule has 0 radical (unpaired) electrons. The molecule has 1 aliphatic rings. The van der Waals surface area contributed by atoms with Crippen molar-refractivity contribution in [2.45, 2.75) is 65.5 Å². The zero-order chi connectivity index (χ0) is 24.1. The van der Waals surface area contributed by atoms with Gasteiger partial charge in [0.05, 0.1) is 22.6 Å². The molecule has 1 aliphatic carbocycles. The lowest BCUT2D eigenvalue weighted by Gasteiger charge is -2.39. The van der Waals surface area contributed by atoms with Crippen molar-refractivity contribution in [3.63, 3.8) is 0 Å². The fourth-order valence-electron chi connectivity index (χ4n) is 4.83. The van der Waals surface area contributed by atoms with Crippen LogP contribution in [0.15, 0.2) is 29.2 Å². The third kappa shape index (κ3) is 4.41. The van der Waals surface area contributed by atoms with E-state index in [0.29, 0.717) is 22.7 Å². The monoisotopic (exact) mass is 451 g/mol. The van der Waals surface area contributed by atoms with Crippen LogP contribution < -0.4 is 10.3 Å². The van der Waals surface area contributed by atoms with E-state index in [4.69, 9.17) is 4.74 Å². The molecule has 3 aromatic rings. The molecule has 1 atom stereocenters. The van der Waals surface area contributed by atoms with E-state index in [0.717, 1.165) is 41.1 Å². The summed E-state index contributed by atoms with van der Waals surface area (Å²) in [7, 11) is 1.76. The van der Waals surface area contributed by atoms with E-state index < -0.39 is 11.6 Å². The van der Waals surface area contributed by atoms with Crippen molar-refractivity contribution >= 4 is 27.8 Å². The van der Waals surface area contributed by atoms with Crippen LogP contribution in [0, 0.1) is 19.8 Å². The van der Waals surface area contributed by atoms with Crippen LogP contribution in [0.4, 0.5) is 4.79 Å². The van der Waals surface area contributed by atoms with Crippen LogP contribution in [0.2, 0.25) is 0 Å². The van der Waals surface area contributed by atoms with Crippen LogP contribution in [0.25, 0.3) is 21.7 Å². The predicted octanol–water partition coefficient (Wildman–Crippen LogP) is 5.03. The van der Waals surface area contributed by atoms with E-state index >= 15 is 0 Å². The lowest BCUT2D eigenvalue weighted by Crippen LogP contribution is -2.53. The van der Waals surface area contributed by atoms with E-state index in [1.54, 1.807) is 17.8 Å². The highest BCUT2D eigenvalue weighted by Gasteiger charge is 2.37. The van der Waals surface area contributed by atoms with Gasteiger partial charge in [-0.3, -0.25) is 14.7 Å². The van der Waals surface area contributed by atoms with Crippen molar-refractivity contribution in [1.29, 1.82) is 0 Å². The first kappa shape index (κ1) is 23.1. The number of benzene rings is 1. The molecule has 2 heterocycles. The maximum Gasteiger partial charge on any atom is 0.408 e. The van der Waals surface area contributed by atoms with Gasteiger partial charge in [-0.2, -0.15) is 0 Å². The molecule has 1 fully saturated rings. The van der Waals surface area contributed by atoms with E-state index in [-0.39, 0.29) is 18.2 Å². The number of aromatic nitrogens is 2. The summed E-state index contributed by atoms with van der Waals surface area (Å²) in [5.41, 5.74) is 1.83. The summed E-state index contributed by atoms with van der Waals surface area (Å²) >= 11 is 0. The third-order valence-electron chi connectivity index (χ3n) is 6.63. The van der Waals surface area contributed by atoms with Crippen molar-refractivity contribution in [3.8, 4) is 5.75 Å². The molecular weight excluding hydrogens is 418 g/mol. The first-order valence-electron chi connectivity index (χ1n) is 11.5. The molecule has 0 aliphatic heterocycles. The largest absolute Gasteiger partial charge is 0.491 e. The van der Waals surface area contributed by atoms with Crippen LogP contribution in [0.1, 0.15) is 51.3 Å². The van der Waals surface area contributed by atoms with Crippen molar-refractivity contribution in [2.75, 3.05) is 6.61 Å². The Hall–Kier alpha value is -3.09. The Morgan fingerprint density at radius 2 is 1.97 bits per heavy atom. The Labute approximate surface area is 194 Å². The molecule has 1 saturated carbocycles. The normalized spacial score (nSPS) is 15.1. The number of hydrogen-bond donors (Lipinski definition) is 1. The predicted molar refractivity (Wildman–Crippen MR) is 130 cm³/mol. The van der Waals surface area contributed by atoms with Crippen molar-refractivity contribution in [1.82, 2.24) is 14.5 Å². The third-order valence-corrected chi connectivity index (χ3v) is 6.63. The zero-order valence-electron chi connectivity index (χ0n) is 20.3. The van der Waals surface area contributed by atoms with Gasteiger partial charge in [0.15, 0.2) is 0 Å². The molecule has 1 N–H and O–H groups in total. The minimum absolute atomic E-state index is 0.0886. The molecule has 1 aromatic carbocycles. The molecule has 2 aromatic heterocycles. The summed E-state index contributed by atoms with van der Waals surface area (Å²) in [5, 5.41) is 12.4. The number of rotatable bonds is 6. The quantitative estimate of drug-likeness (QED) is 0.532. The number of carbonyl (C=O) groups is 1. The smallest absolute Gasteiger partial charge is 0.408 e. The fraction of sp³-hybridized carbons (Fsp3) is 0.500. The Bertz CT molecular complexity index is 1280. The molecule has 33 heavy (non-hydrogen) atoms. The van der Waals surface area contributed by atoms with Crippen LogP contribution >= 0.6 is 0 Å². The van der Waals surface area contributed by atoms with Gasteiger partial charge >= 0.3 is 6.09 Å². The second kappa shape index (κ2) is 8.36. The van der Waals surface area contributed by atoms with Gasteiger partial charge in [0, 0.05) is 30.2 Å². The molecule has 7 heteroatoms. The highest BCUT2D eigenvalue weighted by atomic mass is 16.5. The average molecular weight is 452 g/mol. The van der Waals surface area contributed by atoms with Gasteiger partial charge < -0.3 is 14.4 Å². The first-order valence-corrected chi connectivity index (χ1v) is 11.5. The highest BCUT2D eigenvalue weighted by Crippen LogP contribution is 2.37. The van der Waals surface area contributed by atoms with Gasteiger partial charge in [-0.15, -0.1) is 0 Å². The van der Waals surface area contributed by atoms with E-state index in [2.05, 4.69) is 4.98 Å². The summed E-state index contributed by atoms with van der Waals surface area (Å²) in [6.07, 6.45) is 3.89. The van der Waals surface area contributed by atoms with E-state index in [9.17, 15) is 14.7 Å². The van der Waals surface area contributed by atoms with Crippen LogP contribution in [0.5, 0.6) is 5.75 Å². The van der Waals surface area contributed by atoms with Crippen molar-refractivity contribution in [2.24, 2.45) is 13.0 Å². The highest BCUT2D eigenvalue weighted by molar-refractivity contribution is 6.06. The summed E-state index contributed by atoms with van der Waals surface area (Å²) in [6, 6.07) is 5.59. The first-order chi connectivity index (χ1) is 15.5. The molecule has 1 unspecified atom stereocenters. The SMILES string of the molecule is Cc1cc2c3ccnc(C)c3c(=O)n(C)c2cc1OCC(CC1CC1)N(C(=O)O)C(C)(C)C. The zero-order valence-corrected chi connectivity index (χ0v) is 20.3.